The van der Waals surface area contributed by atoms with Crippen molar-refractivity contribution < 1.29 is 20.1 Å². The molecular weight excluding hydrogens is 348 g/mol. The molecule has 0 aromatic heterocycles. The number of alkyl halides is 1. The summed E-state index contributed by atoms with van der Waals surface area (Å²) in [4.78, 5) is 11.3. The summed E-state index contributed by atoms with van der Waals surface area (Å²) in [5.74, 6) is 0.156. The average Bonchev–Trinajstić information content (AvgIpc) is 2.91. The molecule has 0 aliphatic heterocycles. The summed E-state index contributed by atoms with van der Waals surface area (Å²) < 4.78 is 0. The molecule has 4 unspecified atom stereocenters. The average molecular weight is 363 g/mol. The third-order valence-electron chi connectivity index (χ3n) is 4.86. The van der Waals surface area contributed by atoms with Crippen molar-refractivity contribution in [1.29, 1.82) is 0 Å². The van der Waals surface area contributed by atoms with Gasteiger partial charge in [-0.2, -0.15) is 0 Å². The highest BCUT2D eigenvalue weighted by molar-refractivity contribution is 9.09. The summed E-state index contributed by atoms with van der Waals surface area (Å²) in [5.41, 5.74) is 2.96. The quantitative estimate of drug-likeness (QED) is 0.627. The molecular formula is C17H15BrO4. The van der Waals surface area contributed by atoms with Crippen LogP contribution < -0.4 is 0 Å². The Morgan fingerprint density at radius 1 is 0.955 bits per heavy atom. The Morgan fingerprint density at radius 2 is 1.68 bits per heavy atom. The van der Waals surface area contributed by atoms with Crippen LogP contribution in [0.4, 0.5) is 0 Å². The van der Waals surface area contributed by atoms with Crippen LogP contribution in [0.5, 0.6) is 0 Å². The Balaban J connectivity index is 2.04. The second kappa shape index (κ2) is 4.86. The topological polar surface area (TPSA) is 77.8 Å². The van der Waals surface area contributed by atoms with Crippen molar-refractivity contribution in [3.63, 3.8) is 0 Å². The minimum atomic E-state index is -1.06. The molecule has 4 atom stereocenters. The van der Waals surface area contributed by atoms with Gasteiger partial charge in [0.2, 0.25) is 0 Å². The lowest BCUT2D eigenvalue weighted by molar-refractivity contribution is -0.0205. The maximum Gasteiger partial charge on any atom is 0.163 e. The molecule has 3 N–H and O–H groups in total. The van der Waals surface area contributed by atoms with Crippen molar-refractivity contribution in [2.45, 2.75) is 36.0 Å². The lowest BCUT2D eigenvalue weighted by atomic mass is 9.81. The number of carbonyl (C=O) groups excluding carboxylic acids is 1. The van der Waals surface area contributed by atoms with E-state index in [-0.39, 0.29) is 5.78 Å². The van der Waals surface area contributed by atoms with Crippen LogP contribution in [0.3, 0.4) is 0 Å². The fourth-order valence-electron chi connectivity index (χ4n) is 3.70. The number of aryl methyl sites for hydroxylation is 1. The minimum Gasteiger partial charge on any atom is -0.389 e. The number of Topliss-reactive ketones (excluding diaryl/α,β-unsaturated/α-hetero) is 1. The summed E-state index contributed by atoms with van der Waals surface area (Å²) >= 11 is 3.27. The fourth-order valence-corrected chi connectivity index (χ4v) is 4.26. The van der Waals surface area contributed by atoms with Crippen LogP contribution in [-0.4, -0.2) is 32.0 Å². The highest BCUT2D eigenvalue weighted by atomic mass is 79.9. The van der Waals surface area contributed by atoms with Gasteiger partial charge in [0.1, 0.15) is 6.10 Å². The second-order valence-electron chi connectivity index (χ2n) is 6.00. The zero-order valence-electron chi connectivity index (χ0n) is 11.7. The number of aliphatic hydroxyl groups excluding tert-OH is 3. The first-order chi connectivity index (χ1) is 10.5. The Morgan fingerprint density at radius 3 is 2.45 bits per heavy atom. The van der Waals surface area contributed by atoms with E-state index in [2.05, 4.69) is 15.9 Å². The lowest BCUT2D eigenvalue weighted by Crippen LogP contribution is -2.38. The van der Waals surface area contributed by atoms with Gasteiger partial charge in [0, 0.05) is 12.0 Å². The number of hydrogen-bond donors (Lipinski definition) is 3. The molecule has 0 radical (unpaired) electrons. The number of benzene rings is 2. The van der Waals surface area contributed by atoms with Gasteiger partial charge < -0.3 is 15.3 Å². The molecule has 0 saturated carbocycles. The summed E-state index contributed by atoms with van der Waals surface area (Å²) in [7, 11) is 0. The predicted octanol–water partition coefficient (Wildman–Crippen LogP) is 2.17. The molecule has 2 aliphatic carbocycles. The van der Waals surface area contributed by atoms with E-state index in [1.54, 1.807) is 12.1 Å². The van der Waals surface area contributed by atoms with Crippen molar-refractivity contribution in [3.05, 3.63) is 46.5 Å². The van der Waals surface area contributed by atoms with E-state index in [1.165, 1.54) is 0 Å². The highest BCUT2D eigenvalue weighted by Crippen LogP contribution is 2.44. The largest absolute Gasteiger partial charge is 0.389 e. The van der Waals surface area contributed by atoms with Crippen LogP contribution >= 0.6 is 15.9 Å². The summed E-state index contributed by atoms with van der Waals surface area (Å²) in [5, 5.41) is 32.6. The minimum absolute atomic E-state index is 0.156. The monoisotopic (exact) mass is 362 g/mol. The second-order valence-corrected chi connectivity index (χ2v) is 7.06. The number of rotatable bonds is 0. The van der Waals surface area contributed by atoms with Gasteiger partial charge in [-0.1, -0.05) is 40.2 Å². The van der Waals surface area contributed by atoms with E-state index >= 15 is 0 Å². The third kappa shape index (κ3) is 1.77. The number of fused-ring (bicyclic) bond motifs is 5. The number of halogens is 1. The van der Waals surface area contributed by atoms with Gasteiger partial charge in [-0.3, -0.25) is 4.79 Å². The summed E-state index contributed by atoms with van der Waals surface area (Å²) in [6.07, 6.45) is -1.77. The van der Waals surface area contributed by atoms with Crippen molar-refractivity contribution >= 4 is 32.5 Å². The van der Waals surface area contributed by atoms with Gasteiger partial charge in [0.15, 0.2) is 5.78 Å². The molecule has 4 nitrogen and oxygen atoms in total. The first-order valence-electron chi connectivity index (χ1n) is 7.30. The van der Waals surface area contributed by atoms with Crippen molar-refractivity contribution in [1.82, 2.24) is 0 Å². The Kier molecular flexibility index (Phi) is 3.17. The van der Waals surface area contributed by atoms with E-state index in [0.29, 0.717) is 24.0 Å². The SMILES string of the molecule is O=C1CCc2c1ccc1c3c(ccc21)C(O)C(O)C(Br)C3O. The zero-order chi connectivity index (χ0) is 15.6. The molecule has 0 fully saturated rings. The van der Waals surface area contributed by atoms with Crippen molar-refractivity contribution in [2.24, 2.45) is 0 Å². The van der Waals surface area contributed by atoms with Crippen molar-refractivity contribution in [2.75, 3.05) is 0 Å². The van der Waals surface area contributed by atoms with Gasteiger partial charge >= 0.3 is 0 Å². The van der Waals surface area contributed by atoms with Gasteiger partial charge in [0.25, 0.3) is 0 Å². The standard InChI is InChI=1S/C17H15BrO4/c18-14-16(21)13-10-3-2-9-7(5-6-12(9)19)8(10)1-4-11(13)15(20)17(14)22/h1-4,14-17,20-22H,5-6H2. The Labute approximate surface area is 135 Å². The van der Waals surface area contributed by atoms with Crippen LogP contribution in [0.2, 0.25) is 0 Å². The Bertz CT molecular complexity index is 801. The first kappa shape index (κ1) is 14.3. The smallest absolute Gasteiger partial charge is 0.163 e. The van der Waals surface area contributed by atoms with Crippen LogP contribution in [0.15, 0.2) is 24.3 Å². The van der Waals surface area contributed by atoms with Crippen LogP contribution in [0, 0.1) is 0 Å². The molecule has 114 valence electrons. The molecule has 2 aromatic rings. The maximum atomic E-state index is 11.9. The predicted molar refractivity (Wildman–Crippen MR) is 85.2 cm³/mol. The number of hydrogen-bond acceptors (Lipinski definition) is 4. The van der Waals surface area contributed by atoms with Gasteiger partial charge in [-0.25, -0.2) is 0 Å². The van der Waals surface area contributed by atoms with Crippen LogP contribution in [0.25, 0.3) is 10.8 Å². The summed E-state index contributed by atoms with van der Waals surface area (Å²) in [6.45, 7) is 0. The molecule has 2 aromatic carbocycles. The van der Waals surface area contributed by atoms with E-state index < -0.39 is 23.1 Å². The first-order valence-corrected chi connectivity index (χ1v) is 8.22. The van der Waals surface area contributed by atoms with E-state index in [0.717, 1.165) is 21.9 Å². The van der Waals surface area contributed by atoms with Crippen LogP contribution in [-0.2, 0) is 6.42 Å². The van der Waals surface area contributed by atoms with Gasteiger partial charge in [0.05, 0.1) is 17.0 Å². The molecule has 0 heterocycles. The molecule has 0 saturated heterocycles. The Hall–Kier alpha value is -1.27. The zero-order valence-corrected chi connectivity index (χ0v) is 13.2. The van der Waals surface area contributed by atoms with Crippen molar-refractivity contribution in [3.8, 4) is 0 Å². The lowest BCUT2D eigenvalue weighted by Gasteiger charge is -2.35. The molecule has 5 heteroatoms. The molecule has 0 amide bonds. The molecule has 0 spiro atoms. The van der Waals surface area contributed by atoms with Gasteiger partial charge in [-0.15, -0.1) is 0 Å². The number of ketones is 1. The van der Waals surface area contributed by atoms with E-state index in [1.807, 2.05) is 12.1 Å². The molecule has 2 aliphatic rings. The molecule has 22 heavy (non-hydrogen) atoms. The van der Waals surface area contributed by atoms with E-state index in [4.69, 9.17) is 0 Å². The van der Waals surface area contributed by atoms with E-state index in [9.17, 15) is 20.1 Å². The number of aliphatic hydroxyl groups is 3. The van der Waals surface area contributed by atoms with Gasteiger partial charge in [-0.05, 0) is 33.9 Å². The highest BCUT2D eigenvalue weighted by Gasteiger charge is 2.40. The third-order valence-corrected chi connectivity index (χ3v) is 5.90. The maximum absolute atomic E-state index is 11.9. The van der Waals surface area contributed by atoms with Crippen LogP contribution in [0.1, 0.15) is 45.7 Å². The molecule has 4 rings (SSSR count). The normalized spacial score (nSPS) is 30.5. The fraction of sp³-hybridized carbons (Fsp3) is 0.353. The summed E-state index contributed by atoms with van der Waals surface area (Å²) in [6, 6.07) is 7.27. The number of carbonyl (C=O) groups is 1. The molecule has 0 bridgehead atoms.